The third kappa shape index (κ3) is 2.71. The van der Waals surface area contributed by atoms with E-state index in [0.717, 1.165) is 11.3 Å². The lowest BCUT2D eigenvalue weighted by Crippen LogP contribution is -2.22. The summed E-state index contributed by atoms with van der Waals surface area (Å²) >= 11 is 9.05. The molecule has 0 fully saturated rings. The Labute approximate surface area is 127 Å². The number of rotatable bonds is 3. The van der Waals surface area contributed by atoms with Crippen LogP contribution in [0.2, 0.25) is 5.02 Å². The molecule has 3 heterocycles. The number of halogens is 2. The molecule has 7 heteroatoms. The van der Waals surface area contributed by atoms with Crippen LogP contribution in [0, 0.1) is 0 Å². The van der Waals surface area contributed by atoms with Crippen molar-refractivity contribution in [3.63, 3.8) is 0 Å². The molecule has 1 amide bonds. The van der Waals surface area contributed by atoms with E-state index in [2.05, 4.69) is 26.2 Å². The van der Waals surface area contributed by atoms with Crippen molar-refractivity contribution in [3.05, 3.63) is 57.8 Å². The quantitative estimate of drug-likeness (QED) is 0.785. The maximum absolute atomic E-state index is 11.8. The number of fused-ring (bicyclic) bond motifs is 1. The summed E-state index contributed by atoms with van der Waals surface area (Å²) in [6.45, 7) is 0.316. The minimum Gasteiger partial charge on any atom is -0.444 e. The van der Waals surface area contributed by atoms with Crippen molar-refractivity contribution in [3.8, 4) is 0 Å². The monoisotopic (exact) mass is 353 g/mol. The van der Waals surface area contributed by atoms with Gasteiger partial charge in [-0.25, -0.2) is 4.98 Å². The second kappa shape index (κ2) is 5.30. The molecule has 0 spiro atoms. The van der Waals surface area contributed by atoms with Gasteiger partial charge in [-0.2, -0.15) is 0 Å². The summed E-state index contributed by atoms with van der Waals surface area (Å²) in [5.41, 5.74) is 1.52. The predicted octanol–water partition coefficient (Wildman–Crippen LogP) is 3.27. The van der Waals surface area contributed by atoms with Crippen molar-refractivity contribution in [1.82, 2.24) is 14.7 Å². The zero-order chi connectivity index (χ0) is 14.1. The number of hydrogen-bond donors (Lipinski definition) is 1. The van der Waals surface area contributed by atoms with E-state index >= 15 is 0 Å². The zero-order valence-electron chi connectivity index (χ0n) is 10.1. The Bertz CT molecular complexity index is 781. The van der Waals surface area contributed by atoms with E-state index in [9.17, 15) is 4.79 Å². The van der Waals surface area contributed by atoms with Gasteiger partial charge in [0, 0.05) is 12.4 Å². The van der Waals surface area contributed by atoms with Crippen LogP contribution in [0.4, 0.5) is 0 Å². The van der Waals surface area contributed by atoms with Crippen molar-refractivity contribution in [1.29, 1.82) is 0 Å². The minimum atomic E-state index is -0.286. The highest BCUT2D eigenvalue weighted by Gasteiger charge is 2.10. The van der Waals surface area contributed by atoms with Gasteiger partial charge >= 0.3 is 0 Å². The molecule has 3 aromatic heterocycles. The number of nitrogens with zero attached hydrogens (tertiary/aromatic N) is 2. The Kier molecular flexibility index (Phi) is 3.50. The molecule has 0 aliphatic rings. The smallest absolute Gasteiger partial charge is 0.287 e. The molecule has 1 N–H and O–H groups in total. The van der Waals surface area contributed by atoms with Gasteiger partial charge in [0.15, 0.2) is 10.4 Å². The number of nitrogens with one attached hydrogen (secondary N) is 1. The summed E-state index contributed by atoms with van der Waals surface area (Å²) in [6, 6.07) is 6.86. The largest absolute Gasteiger partial charge is 0.444 e. The maximum atomic E-state index is 11.8. The first-order chi connectivity index (χ1) is 9.61. The molecular formula is C13H9BrClN3O2. The number of carbonyl (C=O) groups is 1. The Hall–Kier alpha value is -1.79. The van der Waals surface area contributed by atoms with Crippen LogP contribution in [0.5, 0.6) is 0 Å². The number of furan rings is 1. The Balaban J connectivity index is 1.72. The van der Waals surface area contributed by atoms with E-state index in [0.29, 0.717) is 16.2 Å². The lowest BCUT2D eigenvalue weighted by Gasteiger charge is -1.99. The SMILES string of the molecule is O=C(NCc1cn2cc(Cl)ccc2n1)c1ccc(Br)o1. The van der Waals surface area contributed by atoms with Crippen LogP contribution in [-0.4, -0.2) is 15.3 Å². The average molecular weight is 355 g/mol. The third-order valence-corrected chi connectivity index (χ3v) is 3.34. The molecule has 0 saturated heterocycles. The van der Waals surface area contributed by atoms with E-state index in [1.807, 2.05) is 16.7 Å². The summed E-state index contributed by atoms with van der Waals surface area (Å²) < 4.78 is 7.50. The first kappa shape index (κ1) is 13.2. The van der Waals surface area contributed by atoms with Crippen molar-refractivity contribution in [2.24, 2.45) is 0 Å². The van der Waals surface area contributed by atoms with Gasteiger partial charge in [-0.05, 0) is 40.2 Å². The van der Waals surface area contributed by atoms with Crippen LogP contribution >= 0.6 is 27.5 Å². The molecular weight excluding hydrogens is 346 g/mol. The van der Waals surface area contributed by atoms with Crippen LogP contribution in [-0.2, 0) is 6.54 Å². The van der Waals surface area contributed by atoms with Crippen molar-refractivity contribution in [2.45, 2.75) is 6.54 Å². The lowest BCUT2D eigenvalue weighted by atomic mass is 10.4. The number of aromatic nitrogens is 2. The number of hydrogen-bond acceptors (Lipinski definition) is 3. The van der Waals surface area contributed by atoms with Gasteiger partial charge in [-0.1, -0.05) is 11.6 Å². The average Bonchev–Trinajstić information content (AvgIpc) is 3.01. The molecule has 0 aromatic carbocycles. The highest BCUT2D eigenvalue weighted by atomic mass is 79.9. The molecule has 3 aromatic rings. The normalized spacial score (nSPS) is 10.9. The number of pyridine rings is 1. The van der Waals surface area contributed by atoms with E-state index < -0.39 is 0 Å². The second-order valence-corrected chi connectivity index (χ2v) is 5.35. The van der Waals surface area contributed by atoms with Crippen LogP contribution in [0.15, 0.2) is 45.7 Å². The lowest BCUT2D eigenvalue weighted by molar-refractivity contribution is 0.0921. The molecule has 0 atom stereocenters. The molecule has 0 saturated carbocycles. The van der Waals surface area contributed by atoms with Gasteiger partial charge in [-0.15, -0.1) is 0 Å². The van der Waals surface area contributed by atoms with E-state index in [-0.39, 0.29) is 11.7 Å². The molecule has 0 bridgehead atoms. The van der Waals surface area contributed by atoms with Gasteiger partial charge in [0.05, 0.1) is 17.3 Å². The fourth-order valence-corrected chi connectivity index (χ4v) is 2.27. The summed E-state index contributed by atoms with van der Waals surface area (Å²) in [7, 11) is 0. The Morgan fingerprint density at radius 2 is 2.20 bits per heavy atom. The van der Waals surface area contributed by atoms with Gasteiger partial charge in [0.1, 0.15) is 5.65 Å². The van der Waals surface area contributed by atoms with Gasteiger partial charge in [-0.3, -0.25) is 4.79 Å². The van der Waals surface area contributed by atoms with Gasteiger partial charge < -0.3 is 14.1 Å². The predicted molar refractivity (Wildman–Crippen MR) is 77.8 cm³/mol. The Morgan fingerprint density at radius 1 is 1.35 bits per heavy atom. The van der Waals surface area contributed by atoms with E-state index in [1.54, 1.807) is 24.4 Å². The molecule has 0 unspecified atom stereocenters. The topological polar surface area (TPSA) is 59.5 Å². The first-order valence-electron chi connectivity index (χ1n) is 5.78. The zero-order valence-corrected chi connectivity index (χ0v) is 12.5. The molecule has 20 heavy (non-hydrogen) atoms. The fraction of sp³-hybridized carbons (Fsp3) is 0.0769. The molecule has 3 rings (SSSR count). The van der Waals surface area contributed by atoms with Crippen molar-refractivity contribution < 1.29 is 9.21 Å². The highest BCUT2D eigenvalue weighted by Crippen LogP contribution is 2.14. The van der Waals surface area contributed by atoms with Crippen molar-refractivity contribution in [2.75, 3.05) is 0 Å². The summed E-state index contributed by atoms with van der Waals surface area (Å²) in [5, 5.41) is 3.37. The maximum Gasteiger partial charge on any atom is 0.287 e. The molecule has 0 aliphatic heterocycles. The summed E-state index contributed by atoms with van der Waals surface area (Å²) in [4.78, 5) is 16.2. The van der Waals surface area contributed by atoms with Gasteiger partial charge in [0.2, 0.25) is 0 Å². The number of carbonyl (C=O) groups excluding carboxylic acids is 1. The van der Waals surface area contributed by atoms with Crippen LogP contribution in [0.1, 0.15) is 16.2 Å². The van der Waals surface area contributed by atoms with Crippen LogP contribution in [0.3, 0.4) is 0 Å². The summed E-state index contributed by atoms with van der Waals surface area (Å²) in [5.74, 6) is -0.0329. The third-order valence-electron chi connectivity index (χ3n) is 2.69. The highest BCUT2D eigenvalue weighted by molar-refractivity contribution is 9.10. The Morgan fingerprint density at radius 3 is 2.95 bits per heavy atom. The van der Waals surface area contributed by atoms with E-state index in [1.165, 1.54) is 0 Å². The fourth-order valence-electron chi connectivity index (χ4n) is 1.80. The molecule has 0 aliphatic carbocycles. The number of imidazole rings is 1. The van der Waals surface area contributed by atoms with Crippen LogP contribution < -0.4 is 5.32 Å². The van der Waals surface area contributed by atoms with Gasteiger partial charge in [0.25, 0.3) is 5.91 Å². The van der Waals surface area contributed by atoms with Crippen LogP contribution in [0.25, 0.3) is 5.65 Å². The first-order valence-corrected chi connectivity index (χ1v) is 6.95. The molecule has 0 radical (unpaired) electrons. The van der Waals surface area contributed by atoms with E-state index in [4.69, 9.17) is 16.0 Å². The second-order valence-electron chi connectivity index (χ2n) is 4.13. The molecule has 5 nitrogen and oxygen atoms in total. The number of amides is 1. The summed E-state index contributed by atoms with van der Waals surface area (Å²) in [6.07, 6.45) is 3.58. The van der Waals surface area contributed by atoms with Crippen molar-refractivity contribution >= 4 is 39.1 Å². The molecule has 102 valence electrons. The minimum absolute atomic E-state index is 0.253. The standard InChI is InChI=1S/C13H9BrClN3O2/c14-11-3-2-10(20-11)13(19)16-5-9-7-18-6-8(15)1-4-12(18)17-9/h1-4,6-7H,5H2,(H,16,19).